The largest absolute Gasteiger partial charge is 0.394 e. The molecule has 0 radical (unpaired) electrons. The summed E-state index contributed by atoms with van der Waals surface area (Å²) < 4.78 is 29.9. The van der Waals surface area contributed by atoms with Crippen LogP contribution in [-0.2, 0) is 4.79 Å². The third-order valence-electron chi connectivity index (χ3n) is 6.34. The molecule has 1 aromatic carbocycles. The van der Waals surface area contributed by atoms with Crippen molar-refractivity contribution in [2.24, 2.45) is 11.1 Å². The molecule has 1 amide bonds. The lowest BCUT2D eigenvalue weighted by atomic mass is 9.73. The lowest BCUT2D eigenvalue weighted by Crippen LogP contribution is -2.38. The predicted molar refractivity (Wildman–Crippen MR) is 125 cm³/mol. The van der Waals surface area contributed by atoms with Crippen molar-refractivity contribution in [1.82, 2.24) is 19.5 Å². The van der Waals surface area contributed by atoms with Gasteiger partial charge in [-0.1, -0.05) is 18.5 Å². The second-order valence-electron chi connectivity index (χ2n) is 8.96. The van der Waals surface area contributed by atoms with Gasteiger partial charge in [0.1, 0.15) is 11.3 Å². The predicted octanol–water partition coefficient (Wildman–Crippen LogP) is 3.90. The van der Waals surface area contributed by atoms with E-state index in [1.54, 1.807) is 6.92 Å². The molecule has 5 N–H and O–H groups in total. The maximum Gasteiger partial charge on any atom is 0.225 e. The molecule has 2 heterocycles. The van der Waals surface area contributed by atoms with Crippen molar-refractivity contribution < 1.29 is 18.7 Å². The van der Waals surface area contributed by atoms with Crippen LogP contribution in [0.5, 0.6) is 0 Å². The Morgan fingerprint density at radius 3 is 2.68 bits per heavy atom. The minimum atomic E-state index is -0.862. The summed E-state index contributed by atoms with van der Waals surface area (Å²) in [7, 11) is 0. The topological polar surface area (TPSA) is 131 Å². The van der Waals surface area contributed by atoms with E-state index in [1.165, 1.54) is 6.20 Å². The molecule has 2 aromatic heterocycles. The summed E-state index contributed by atoms with van der Waals surface area (Å²) in [6.45, 7) is 3.53. The highest BCUT2D eigenvalue weighted by atomic mass is 35.5. The fraction of sp³-hybridized carbons (Fsp3) is 0.455. The number of nitrogens with zero attached hydrogens (tertiary/aromatic N) is 4. The molecule has 1 aliphatic carbocycles. The monoisotopic (exact) mass is 493 g/mol. The van der Waals surface area contributed by atoms with Gasteiger partial charge >= 0.3 is 0 Å². The van der Waals surface area contributed by atoms with Gasteiger partial charge in [-0.3, -0.25) is 9.36 Å². The number of nitrogens with two attached hydrogens (primary N) is 1. The van der Waals surface area contributed by atoms with Crippen LogP contribution < -0.4 is 16.4 Å². The maximum absolute atomic E-state index is 14.5. The lowest BCUT2D eigenvalue weighted by Gasteiger charge is -2.35. The number of halogens is 3. The van der Waals surface area contributed by atoms with Gasteiger partial charge in [0.2, 0.25) is 17.8 Å². The Balaban J connectivity index is 1.78. The molecule has 1 unspecified atom stereocenters. The number of aromatic nitrogens is 4. The number of anilines is 3. The molecular weight excluding hydrogens is 468 g/mol. The first kappa shape index (κ1) is 24.1. The van der Waals surface area contributed by atoms with Crippen LogP contribution in [0, 0.1) is 17.0 Å². The van der Waals surface area contributed by atoms with Crippen LogP contribution in [0.2, 0.25) is 5.02 Å². The van der Waals surface area contributed by atoms with E-state index in [0.29, 0.717) is 42.8 Å². The van der Waals surface area contributed by atoms with Gasteiger partial charge in [0.05, 0.1) is 23.5 Å². The molecule has 1 saturated carbocycles. The molecule has 4 rings (SSSR count). The summed E-state index contributed by atoms with van der Waals surface area (Å²) in [5, 5.41) is 15.1. The van der Waals surface area contributed by atoms with Crippen LogP contribution in [0.1, 0.15) is 45.6 Å². The van der Waals surface area contributed by atoms with Crippen molar-refractivity contribution in [2.45, 2.75) is 51.6 Å². The van der Waals surface area contributed by atoms with Gasteiger partial charge < -0.3 is 21.5 Å². The molecule has 1 atom stereocenters. The number of aliphatic hydroxyl groups excluding tert-OH is 1. The number of imidazole rings is 1. The number of fused-ring (bicyclic) bond motifs is 1. The molecule has 0 saturated heterocycles. The third-order valence-corrected chi connectivity index (χ3v) is 6.64. The van der Waals surface area contributed by atoms with Gasteiger partial charge in [-0.2, -0.15) is 4.98 Å². The summed E-state index contributed by atoms with van der Waals surface area (Å²) in [6.07, 6.45) is 3.87. The first-order valence-electron chi connectivity index (χ1n) is 10.9. The molecule has 1 aliphatic rings. The van der Waals surface area contributed by atoms with E-state index < -0.39 is 17.0 Å². The van der Waals surface area contributed by atoms with Crippen LogP contribution >= 0.6 is 11.6 Å². The van der Waals surface area contributed by atoms with Gasteiger partial charge in [0, 0.05) is 23.6 Å². The molecule has 34 heavy (non-hydrogen) atoms. The Kier molecular flexibility index (Phi) is 6.59. The Morgan fingerprint density at radius 2 is 2.06 bits per heavy atom. The van der Waals surface area contributed by atoms with Crippen LogP contribution in [0.25, 0.3) is 11.2 Å². The number of amides is 1. The lowest BCUT2D eigenvalue weighted by molar-refractivity contribution is -0.128. The Hall–Kier alpha value is -3.05. The molecule has 12 heteroatoms. The number of aliphatic hydroxyl groups is 1. The smallest absolute Gasteiger partial charge is 0.225 e. The number of hydrogen-bond donors (Lipinski definition) is 4. The van der Waals surface area contributed by atoms with E-state index in [2.05, 4.69) is 25.6 Å². The van der Waals surface area contributed by atoms with Crippen molar-refractivity contribution in [2.75, 3.05) is 17.2 Å². The zero-order valence-electron chi connectivity index (χ0n) is 18.8. The number of nitrogens with one attached hydrogen (secondary N) is 2. The summed E-state index contributed by atoms with van der Waals surface area (Å²) in [5.41, 5.74) is 5.82. The fourth-order valence-electron chi connectivity index (χ4n) is 4.18. The highest BCUT2D eigenvalue weighted by molar-refractivity contribution is 6.33. The highest BCUT2D eigenvalue weighted by Gasteiger charge is 2.37. The first-order chi connectivity index (χ1) is 16.1. The van der Waals surface area contributed by atoms with Crippen molar-refractivity contribution in [3.05, 3.63) is 35.0 Å². The summed E-state index contributed by atoms with van der Waals surface area (Å²) >= 11 is 6.10. The summed E-state index contributed by atoms with van der Waals surface area (Å²) in [5.74, 6) is -1.44. The normalized spacial score (nSPS) is 21.4. The Labute approximate surface area is 199 Å². The van der Waals surface area contributed by atoms with Gasteiger partial charge in [-0.25, -0.2) is 18.7 Å². The number of primary amides is 1. The Bertz CT molecular complexity index is 1200. The van der Waals surface area contributed by atoms with Crippen molar-refractivity contribution in [3.8, 4) is 0 Å². The van der Waals surface area contributed by atoms with Crippen molar-refractivity contribution in [1.29, 1.82) is 0 Å². The van der Waals surface area contributed by atoms with E-state index >= 15 is 0 Å². The van der Waals surface area contributed by atoms with E-state index in [4.69, 9.17) is 17.3 Å². The van der Waals surface area contributed by atoms with Crippen molar-refractivity contribution >= 4 is 46.3 Å². The first-order valence-corrected chi connectivity index (χ1v) is 11.3. The van der Waals surface area contributed by atoms with Crippen LogP contribution in [0.4, 0.5) is 26.4 Å². The number of carbonyl (C=O) groups excluding carboxylic acids is 1. The summed E-state index contributed by atoms with van der Waals surface area (Å²) in [6, 6.07) is 1.35. The number of hydrogen-bond acceptors (Lipinski definition) is 7. The fourth-order valence-corrected chi connectivity index (χ4v) is 4.42. The minimum Gasteiger partial charge on any atom is -0.394 e. The highest BCUT2D eigenvalue weighted by Crippen LogP contribution is 2.43. The zero-order chi connectivity index (χ0) is 24.6. The standard InChI is InChI=1S/C22H26ClF2N7O2/c1-11(10-33)28-20-27-9-16-18(31-20)32(13-3-5-22(2,6-4-13)19(26)34)21(29-16)30-17-14(23)7-12(24)8-15(17)25/h7-9,11,13,33H,3-6,10H2,1-2H3,(H2,26,34)(H,29,30)(H,27,28,31). The van der Waals surface area contributed by atoms with Crippen molar-refractivity contribution in [3.63, 3.8) is 0 Å². The molecule has 0 aliphatic heterocycles. The van der Waals surface area contributed by atoms with Crippen LogP contribution in [-0.4, -0.2) is 43.2 Å². The molecule has 9 nitrogen and oxygen atoms in total. The molecule has 0 bridgehead atoms. The maximum atomic E-state index is 14.5. The van der Waals surface area contributed by atoms with E-state index in [9.17, 15) is 18.7 Å². The van der Waals surface area contributed by atoms with Gasteiger partial charge in [-0.05, 0) is 38.7 Å². The number of benzene rings is 1. The number of carbonyl (C=O) groups is 1. The average Bonchev–Trinajstić information content (AvgIpc) is 3.14. The van der Waals surface area contributed by atoms with Gasteiger partial charge in [-0.15, -0.1) is 0 Å². The summed E-state index contributed by atoms with van der Waals surface area (Å²) in [4.78, 5) is 25.3. The van der Waals surface area contributed by atoms with Gasteiger partial charge in [0.25, 0.3) is 0 Å². The second-order valence-corrected chi connectivity index (χ2v) is 9.37. The zero-order valence-corrected chi connectivity index (χ0v) is 19.5. The van der Waals surface area contributed by atoms with Crippen LogP contribution in [0.3, 0.4) is 0 Å². The molecule has 3 aromatic rings. The second kappa shape index (κ2) is 9.30. The van der Waals surface area contributed by atoms with E-state index in [1.807, 2.05) is 11.5 Å². The Morgan fingerprint density at radius 1 is 1.35 bits per heavy atom. The van der Waals surface area contributed by atoms with E-state index in [-0.39, 0.29) is 41.3 Å². The molecule has 182 valence electrons. The third kappa shape index (κ3) is 4.62. The van der Waals surface area contributed by atoms with Crippen LogP contribution in [0.15, 0.2) is 18.3 Å². The van der Waals surface area contributed by atoms with E-state index in [0.717, 1.165) is 12.1 Å². The molecule has 0 spiro atoms. The number of rotatable bonds is 7. The van der Waals surface area contributed by atoms with Gasteiger partial charge in [0.15, 0.2) is 11.5 Å². The minimum absolute atomic E-state index is 0.107. The molecular formula is C22H26ClF2N7O2. The average molecular weight is 494 g/mol. The molecule has 1 fully saturated rings. The quantitative estimate of drug-likeness (QED) is 0.392. The SMILES string of the molecule is CC(CO)Nc1ncc2nc(Nc3c(F)cc(F)cc3Cl)n(C3CCC(C)(C(N)=O)CC3)c2n1.